The second kappa shape index (κ2) is 5.72. The number of nitrogens with zero attached hydrogens (tertiary/aromatic N) is 1. The maximum absolute atomic E-state index is 11.0. The molecular formula is C14H18ClNO2. The number of aryl methyl sites for hydroxylation is 1. The van der Waals surface area contributed by atoms with Crippen molar-refractivity contribution in [2.75, 3.05) is 13.1 Å². The first-order valence-electron chi connectivity index (χ1n) is 6.26. The largest absolute Gasteiger partial charge is 0.481 e. The minimum Gasteiger partial charge on any atom is -0.481 e. The van der Waals surface area contributed by atoms with Crippen LogP contribution in [0, 0.1) is 12.8 Å². The molecule has 1 aliphatic rings. The van der Waals surface area contributed by atoms with E-state index in [1.54, 1.807) is 0 Å². The summed E-state index contributed by atoms with van der Waals surface area (Å²) in [6, 6.07) is 5.88. The third-order valence-corrected chi connectivity index (χ3v) is 3.79. The SMILES string of the molecule is Cc1cc(Cl)ccc1CN1CCCC(C(=O)O)C1. The van der Waals surface area contributed by atoms with Crippen LogP contribution in [0.25, 0.3) is 0 Å². The van der Waals surface area contributed by atoms with Gasteiger partial charge in [0.05, 0.1) is 5.92 Å². The molecule has 1 N–H and O–H groups in total. The molecule has 1 unspecified atom stereocenters. The van der Waals surface area contributed by atoms with E-state index < -0.39 is 5.97 Å². The summed E-state index contributed by atoms with van der Waals surface area (Å²) >= 11 is 5.93. The maximum Gasteiger partial charge on any atom is 0.307 e. The average Bonchev–Trinajstić information content (AvgIpc) is 2.33. The summed E-state index contributed by atoms with van der Waals surface area (Å²) in [6.07, 6.45) is 1.76. The van der Waals surface area contributed by atoms with E-state index in [0.717, 1.165) is 31.0 Å². The Morgan fingerprint density at radius 3 is 3.00 bits per heavy atom. The highest BCUT2D eigenvalue weighted by atomic mass is 35.5. The van der Waals surface area contributed by atoms with Gasteiger partial charge in [-0.25, -0.2) is 0 Å². The van der Waals surface area contributed by atoms with Crippen molar-refractivity contribution in [3.63, 3.8) is 0 Å². The van der Waals surface area contributed by atoms with Crippen molar-refractivity contribution in [3.8, 4) is 0 Å². The van der Waals surface area contributed by atoms with E-state index in [1.165, 1.54) is 11.1 Å². The van der Waals surface area contributed by atoms with Gasteiger partial charge in [-0.2, -0.15) is 0 Å². The zero-order valence-corrected chi connectivity index (χ0v) is 11.3. The van der Waals surface area contributed by atoms with Crippen molar-refractivity contribution < 1.29 is 9.90 Å². The standard InChI is InChI=1S/C14H18ClNO2/c1-10-7-13(15)5-4-11(10)8-16-6-2-3-12(9-16)14(17)18/h4-5,7,12H,2-3,6,8-9H2,1H3,(H,17,18). The highest BCUT2D eigenvalue weighted by Gasteiger charge is 2.25. The van der Waals surface area contributed by atoms with Crippen LogP contribution in [0.15, 0.2) is 18.2 Å². The van der Waals surface area contributed by atoms with Crippen molar-refractivity contribution >= 4 is 17.6 Å². The van der Waals surface area contributed by atoms with Crippen molar-refractivity contribution in [1.82, 2.24) is 4.90 Å². The topological polar surface area (TPSA) is 40.5 Å². The summed E-state index contributed by atoms with van der Waals surface area (Å²) in [5, 5.41) is 9.82. The predicted octanol–water partition coefficient (Wildman–Crippen LogP) is 2.95. The molecule has 0 aromatic heterocycles. The highest BCUT2D eigenvalue weighted by Crippen LogP contribution is 2.21. The molecule has 1 aromatic rings. The average molecular weight is 268 g/mol. The highest BCUT2D eigenvalue weighted by molar-refractivity contribution is 6.30. The van der Waals surface area contributed by atoms with Crippen LogP contribution in [0.3, 0.4) is 0 Å². The summed E-state index contributed by atoms with van der Waals surface area (Å²) in [4.78, 5) is 13.2. The number of hydrogen-bond acceptors (Lipinski definition) is 2. The maximum atomic E-state index is 11.0. The predicted molar refractivity (Wildman–Crippen MR) is 71.8 cm³/mol. The van der Waals surface area contributed by atoms with Crippen LogP contribution < -0.4 is 0 Å². The van der Waals surface area contributed by atoms with Crippen LogP contribution in [0.5, 0.6) is 0 Å². The molecule has 3 nitrogen and oxygen atoms in total. The van der Waals surface area contributed by atoms with Gasteiger partial charge in [-0.05, 0) is 49.6 Å². The summed E-state index contributed by atoms with van der Waals surface area (Å²) in [5.74, 6) is -0.890. The van der Waals surface area contributed by atoms with Gasteiger partial charge in [0, 0.05) is 18.1 Å². The quantitative estimate of drug-likeness (QED) is 0.915. The minimum atomic E-state index is -0.674. The van der Waals surface area contributed by atoms with Gasteiger partial charge in [0.15, 0.2) is 0 Å². The monoisotopic (exact) mass is 267 g/mol. The smallest absolute Gasteiger partial charge is 0.307 e. The number of carboxylic acid groups (broad SMARTS) is 1. The number of aliphatic carboxylic acids is 1. The van der Waals surface area contributed by atoms with Crippen LogP contribution in [-0.2, 0) is 11.3 Å². The summed E-state index contributed by atoms with van der Waals surface area (Å²) in [5.41, 5.74) is 2.39. The van der Waals surface area contributed by atoms with Crippen molar-refractivity contribution in [2.24, 2.45) is 5.92 Å². The number of piperidine rings is 1. The van der Waals surface area contributed by atoms with Crippen LogP contribution >= 0.6 is 11.6 Å². The number of likely N-dealkylation sites (tertiary alicyclic amines) is 1. The number of benzene rings is 1. The number of hydrogen-bond donors (Lipinski definition) is 1. The lowest BCUT2D eigenvalue weighted by Crippen LogP contribution is -2.38. The lowest BCUT2D eigenvalue weighted by molar-refractivity contribution is -0.143. The van der Waals surface area contributed by atoms with Gasteiger partial charge in [-0.15, -0.1) is 0 Å². The molecule has 4 heteroatoms. The molecule has 0 aliphatic carbocycles. The first-order chi connectivity index (χ1) is 8.56. The molecule has 0 bridgehead atoms. The number of halogens is 1. The molecule has 18 heavy (non-hydrogen) atoms. The summed E-state index contributed by atoms with van der Waals surface area (Å²) < 4.78 is 0. The van der Waals surface area contributed by atoms with Gasteiger partial charge in [-0.3, -0.25) is 9.69 Å². The molecule has 1 saturated heterocycles. The first-order valence-corrected chi connectivity index (χ1v) is 6.64. The minimum absolute atomic E-state index is 0.216. The van der Waals surface area contributed by atoms with Gasteiger partial charge in [0.1, 0.15) is 0 Å². The molecule has 98 valence electrons. The van der Waals surface area contributed by atoms with Crippen LogP contribution in [0.2, 0.25) is 5.02 Å². The molecular weight excluding hydrogens is 250 g/mol. The van der Waals surface area contributed by atoms with Crippen LogP contribution in [0.4, 0.5) is 0 Å². The molecule has 1 aliphatic heterocycles. The molecule has 0 radical (unpaired) electrons. The molecule has 0 saturated carbocycles. The lowest BCUT2D eigenvalue weighted by Gasteiger charge is -2.31. The molecule has 1 aromatic carbocycles. The fraction of sp³-hybridized carbons (Fsp3) is 0.500. The second-order valence-electron chi connectivity index (χ2n) is 4.98. The molecule has 1 fully saturated rings. The van der Waals surface area contributed by atoms with Crippen molar-refractivity contribution in [3.05, 3.63) is 34.3 Å². The van der Waals surface area contributed by atoms with E-state index in [0.29, 0.717) is 6.54 Å². The van der Waals surface area contributed by atoms with E-state index in [9.17, 15) is 4.79 Å². The third-order valence-electron chi connectivity index (χ3n) is 3.55. The third kappa shape index (κ3) is 3.24. The Bertz CT molecular complexity index is 447. The zero-order valence-electron chi connectivity index (χ0n) is 10.5. The van der Waals surface area contributed by atoms with Crippen LogP contribution in [0.1, 0.15) is 24.0 Å². The van der Waals surface area contributed by atoms with E-state index in [1.807, 2.05) is 25.1 Å². The molecule has 1 heterocycles. The number of rotatable bonds is 3. The van der Waals surface area contributed by atoms with E-state index in [4.69, 9.17) is 16.7 Å². The van der Waals surface area contributed by atoms with E-state index >= 15 is 0 Å². The Balaban J connectivity index is 2.02. The molecule has 0 spiro atoms. The van der Waals surface area contributed by atoms with Crippen molar-refractivity contribution in [1.29, 1.82) is 0 Å². The number of carboxylic acids is 1. The molecule has 0 amide bonds. The van der Waals surface area contributed by atoms with Gasteiger partial charge in [0.25, 0.3) is 0 Å². The Kier molecular flexibility index (Phi) is 4.25. The lowest BCUT2D eigenvalue weighted by atomic mass is 9.97. The van der Waals surface area contributed by atoms with Gasteiger partial charge >= 0.3 is 5.97 Å². The Hall–Kier alpha value is -1.06. The van der Waals surface area contributed by atoms with Gasteiger partial charge in [-0.1, -0.05) is 17.7 Å². The Morgan fingerprint density at radius 1 is 1.56 bits per heavy atom. The summed E-state index contributed by atoms with van der Waals surface area (Å²) in [6.45, 7) is 4.48. The van der Waals surface area contributed by atoms with Crippen LogP contribution in [-0.4, -0.2) is 29.1 Å². The van der Waals surface area contributed by atoms with E-state index in [2.05, 4.69) is 4.90 Å². The fourth-order valence-electron chi connectivity index (χ4n) is 2.48. The van der Waals surface area contributed by atoms with E-state index in [-0.39, 0.29) is 5.92 Å². The Morgan fingerprint density at radius 2 is 2.33 bits per heavy atom. The van der Waals surface area contributed by atoms with Crippen molar-refractivity contribution in [2.45, 2.75) is 26.3 Å². The first kappa shape index (κ1) is 13.4. The van der Waals surface area contributed by atoms with Gasteiger partial charge in [0.2, 0.25) is 0 Å². The second-order valence-corrected chi connectivity index (χ2v) is 5.42. The number of carbonyl (C=O) groups is 1. The zero-order chi connectivity index (χ0) is 13.1. The Labute approximate surface area is 112 Å². The molecule has 1 atom stereocenters. The van der Waals surface area contributed by atoms with Gasteiger partial charge < -0.3 is 5.11 Å². The summed E-state index contributed by atoms with van der Waals surface area (Å²) in [7, 11) is 0. The fourth-order valence-corrected chi connectivity index (χ4v) is 2.70. The normalized spacial score (nSPS) is 20.9. The molecule has 2 rings (SSSR count).